The minimum absolute atomic E-state index is 0.00281. The normalized spacial score (nSPS) is 11.1. The van der Waals surface area contributed by atoms with Gasteiger partial charge in [-0.25, -0.2) is 13.2 Å². The third-order valence-electron chi connectivity index (χ3n) is 4.36. The second kappa shape index (κ2) is 9.63. The number of hydrogen-bond acceptors (Lipinski definition) is 7. The zero-order chi connectivity index (χ0) is 22.6. The molecule has 7 nitrogen and oxygen atoms in total. The Morgan fingerprint density at radius 2 is 1.71 bits per heavy atom. The molecule has 1 heterocycles. The maximum absolute atomic E-state index is 13.0. The van der Waals surface area contributed by atoms with Gasteiger partial charge in [-0.15, -0.1) is 11.3 Å². The molecule has 3 rings (SSSR count). The summed E-state index contributed by atoms with van der Waals surface area (Å²) in [6.07, 6.45) is 0. The van der Waals surface area contributed by atoms with E-state index in [2.05, 4.69) is 15.9 Å². The lowest BCUT2D eigenvalue weighted by Crippen LogP contribution is -2.27. The summed E-state index contributed by atoms with van der Waals surface area (Å²) in [5.41, 5.74) is 0.520. The van der Waals surface area contributed by atoms with Crippen LogP contribution in [0.5, 0.6) is 5.75 Å². The van der Waals surface area contributed by atoms with Gasteiger partial charge in [0.25, 0.3) is 10.0 Å². The van der Waals surface area contributed by atoms with Gasteiger partial charge in [0.15, 0.2) is 6.61 Å². The van der Waals surface area contributed by atoms with Gasteiger partial charge in [0.1, 0.15) is 5.75 Å². The third kappa shape index (κ3) is 5.15. The van der Waals surface area contributed by atoms with E-state index in [-0.39, 0.29) is 16.2 Å². The lowest BCUT2D eigenvalue weighted by Gasteiger charge is -2.21. The van der Waals surface area contributed by atoms with Crippen LogP contribution in [0.3, 0.4) is 0 Å². The second-order valence-corrected chi connectivity index (χ2v) is 10.7. The maximum atomic E-state index is 13.0. The molecule has 162 valence electrons. The fourth-order valence-electron chi connectivity index (χ4n) is 2.69. The highest BCUT2D eigenvalue weighted by molar-refractivity contribution is 9.11. The molecule has 0 aliphatic rings. The van der Waals surface area contributed by atoms with Gasteiger partial charge in [-0.2, -0.15) is 0 Å². The van der Waals surface area contributed by atoms with Crippen molar-refractivity contribution in [1.29, 1.82) is 0 Å². The minimum atomic E-state index is -3.88. The fourth-order valence-corrected chi connectivity index (χ4v) is 5.21. The zero-order valence-corrected chi connectivity index (χ0v) is 19.8. The summed E-state index contributed by atoms with van der Waals surface area (Å²) in [5, 5.41) is 0. The van der Waals surface area contributed by atoms with Gasteiger partial charge in [-0.3, -0.25) is 9.10 Å². The van der Waals surface area contributed by atoms with Crippen molar-refractivity contribution in [3.05, 3.63) is 74.9 Å². The van der Waals surface area contributed by atoms with Crippen LogP contribution in [0.15, 0.2) is 69.3 Å². The monoisotopic (exact) mass is 523 g/mol. The smallest absolute Gasteiger partial charge is 0.338 e. The summed E-state index contributed by atoms with van der Waals surface area (Å²) < 4.78 is 38.1. The van der Waals surface area contributed by atoms with Gasteiger partial charge in [-0.05, 0) is 64.5 Å². The first-order valence-electron chi connectivity index (χ1n) is 8.91. The third-order valence-corrected chi connectivity index (χ3v) is 7.81. The quantitative estimate of drug-likeness (QED) is 0.321. The number of methoxy groups -OCH3 is 1. The number of rotatable bonds is 8. The molecule has 0 spiro atoms. The molecule has 0 saturated carbocycles. The van der Waals surface area contributed by atoms with E-state index >= 15 is 0 Å². The molecule has 0 aliphatic carbocycles. The van der Waals surface area contributed by atoms with Crippen molar-refractivity contribution in [2.24, 2.45) is 0 Å². The van der Waals surface area contributed by atoms with Gasteiger partial charge in [-0.1, -0.05) is 12.1 Å². The zero-order valence-electron chi connectivity index (χ0n) is 16.6. The van der Waals surface area contributed by atoms with Crippen LogP contribution in [-0.2, 0) is 14.8 Å². The van der Waals surface area contributed by atoms with E-state index in [4.69, 9.17) is 9.47 Å². The maximum Gasteiger partial charge on any atom is 0.338 e. The van der Waals surface area contributed by atoms with Gasteiger partial charge >= 0.3 is 5.97 Å². The van der Waals surface area contributed by atoms with Crippen LogP contribution < -0.4 is 9.04 Å². The van der Waals surface area contributed by atoms with E-state index in [0.717, 1.165) is 8.09 Å². The Hall–Kier alpha value is -2.69. The second-order valence-electron chi connectivity index (χ2n) is 6.27. The van der Waals surface area contributed by atoms with Gasteiger partial charge in [0.2, 0.25) is 5.78 Å². The fraction of sp³-hybridized carbons (Fsp3) is 0.143. The first-order valence-corrected chi connectivity index (χ1v) is 12.0. The van der Waals surface area contributed by atoms with Crippen molar-refractivity contribution < 1.29 is 27.5 Å². The molecule has 3 aromatic rings. The summed E-state index contributed by atoms with van der Waals surface area (Å²) in [4.78, 5) is 24.8. The highest BCUT2D eigenvalue weighted by Crippen LogP contribution is 2.31. The van der Waals surface area contributed by atoms with Crippen molar-refractivity contribution in [2.45, 2.75) is 4.90 Å². The highest BCUT2D eigenvalue weighted by Gasteiger charge is 2.24. The number of Topliss-reactive ketones (excluding diaryl/α,β-unsaturated/α-hetero) is 1. The molecule has 0 atom stereocenters. The van der Waals surface area contributed by atoms with E-state index in [1.165, 1.54) is 49.8 Å². The number of esters is 1. The average molecular weight is 524 g/mol. The van der Waals surface area contributed by atoms with Crippen LogP contribution in [0.25, 0.3) is 0 Å². The van der Waals surface area contributed by atoms with E-state index in [1.807, 2.05) is 0 Å². The van der Waals surface area contributed by atoms with E-state index in [9.17, 15) is 18.0 Å². The minimum Gasteiger partial charge on any atom is -0.495 e. The topological polar surface area (TPSA) is 90.0 Å². The molecule has 0 bridgehead atoms. The van der Waals surface area contributed by atoms with E-state index < -0.39 is 22.6 Å². The molecule has 1 aromatic heterocycles. The number of nitrogens with zero attached hydrogens (tertiary/aromatic N) is 1. The number of ether oxygens (including phenoxy) is 2. The summed E-state index contributed by atoms with van der Waals surface area (Å²) in [6.45, 7) is -0.400. The van der Waals surface area contributed by atoms with Crippen LogP contribution >= 0.6 is 27.3 Å². The molecule has 0 amide bonds. The van der Waals surface area contributed by atoms with Crippen LogP contribution in [0.2, 0.25) is 0 Å². The molecule has 31 heavy (non-hydrogen) atoms. The van der Waals surface area contributed by atoms with Crippen molar-refractivity contribution in [1.82, 2.24) is 0 Å². The number of carbonyl (C=O) groups is 2. The molecule has 0 aliphatic heterocycles. The predicted molar refractivity (Wildman–Crippen MR) is 122 cm³/mol. The number of carbonyl (C=O) groups excluding carboxylic acids is 2. The van der Waals surface area contributed by atoms with Crippen molar-refractivity contribution in [2.75, 3.05) is 25.1 Å². The Morgan fingerprint density at radius 1 is 1.03 bits per heavy atom. The molecular formula is C21H18BrNO6S2. The Balaban J connectivity index is 1.71. The summed E-state index contributed by atoms with van der Waals surface area (Å²) in [6, 6.07) is 15.4. The number of hydrogen-bond donors (Lipinski definition) is 0. The van der Waals surface area contributed by atoms with Crippen molar-refractivity contribution in [3.63, 3.8) is 0 Å². The molecule has 0 N–H and O–H groups in total. The molecule has 10 heteroatoms. The summed E-state index contributed by atoms with van der Waals surface area (Å²) in [5.74, 6) is -0.621. The van der Waals surface area contributed by atoms with Crippen molar-refractivity contribution >= 4 is 54.7 Å². The van der Waals surface area contributed by atoms with Crippen LogP contribution in [0.4, 0.5) is 5.69 Å². The standard InChI is InChI=1S/C21H18BrNO6S2/c1-23(16-5-3-4-6-18(16)28-2)31(26,27)15-9-7-14(8-10-15)21(25)29-13-17(24)19-11-12-20(22)30-19/h3-12H,13H2,1-2H3. The SMILES string of the molecule is COc1ccccc1N(C)S(=O)(=O)c1ccc(C(=O)OCC(=O)c2ccc(Br)s2)cc1. The Labute approximate surface area is 192 Å². The van der Waals surface area contributed by atoms with Gasteiger partial charge in [0, 0.05) is 7.05 Å². The summed E-state index contributed by atoms with van der Waals surface area (Å²) >= 11 is 4.52. The first-order chi connectivity index (χ1) is 14.7. The number of thiophene rings is 1. The summed E-state index contributed by atoms with van der Waals surface area (Å²) in [7, 11) is -1.00. The van der Waals surface area contributed by atoms with Gasteiger partial charge < -0.3 is 9.47 Å². The predicted octanol–water partition coefficient (Wildman–Crippen LogP) is 4.38. The number of sulfonamides is 1. The van der Waals surface area contributed by atoms with Crippen LogP contribution in [-0.4, -0.2) is 40.9 Å². The molecule has 0 radical (unpaired) electrons. The molecule has 0 unspecified atom stereocenters. The van der Waals surface area contributed by atoms with E-state index in [1.54, 1.807) is 36.4 Å². The number of anilines is 1. The van der Waals surface area contributed by atoms with Crippen LogP contribution in [0.1, 0.15) is 20.0 Å². The number of para-hydroxylation sites is 2. The average Bonchev–Trinajstić information content (AvgIpc) is 3.23. The lowest BCUT2D eigenvalue weighted by atomic mass is 10.2. The van der Waals surface area contributed by atoms with Crippen LogP contribution in [0, 0.1) is 0 Å². The number of halogens is 1. The Bertz CT molecular complexity index is 1200. The highest BCUT2D eigenvalue weighted by atomic mass is 79.9. The van der Waals surface area contributed by atoms with Crippen molar-refractivity contribution in [3.8, 4) is 5.75 Å². The van der Waals surface area contributed by atoms with Gasteiger partial charge in [0.05, 0.1) is 31.9 Å². The molecule has 0 saturated heterocycles. The number of benzene rings is 2. The number of ketones is 1. The Morgan fingerprint density at radius 3 is 2.32 bits per heavy atom. The lowest BCUT2D eigenvalue weighted by molar-refractivity contribution is 0.0475. The largest absolute Gasteiger partial charge is 0.495 e. The molecular weight excluding hydrogens is 506 g/mol. The molecule has 2 aromatic carbocycles. The first kappa shape index (κ1) is 23.0. The molecule has 0 fully saturated rings. The van der Waals surface area contributed by atoms with E-state index in [0.29, 0.717) is 16.3 Å². The Kier molecular flexibility index (Phi) is 7.14.